The van der Waals surface area contributed by atoms with Gasteiger partial charge in [0.15, 0.2) is 0 Å². The van der Waals surface area contributed by atoms with Gasteiger partial charge in [0.2, 0.25) is 5.91 Å². The SMILES string of the molecule is CSc1ccc(/C=C/C(=O)N(Cc2ccccc2F)C2CC2)cc1. The third-order valence-corrected chi connectivity index (χ3v) is 4.85. The highest BCUT2D eigenvalue weighted by Gasteiger charge is 2.31. The minimum absolute atomic E-state index is 0.0605. The Balaban J connectivity index is 1.70. The van der Waals surface area contributed by atoms with Gasteiger partial charge in [-0.25, -0.2) is 4.39 Å². The Bertz CT molecular complexity index is 738. The molecule has 0 bridgehead atoms. The van der Waals surface area contributed by atoms with Gasteiger partial charge in [0.1, 0.15) is 5.82 Å². The molecule has 0 radical (unpaired) electrons. The number of amides is 1. The second kappa shape index (κ2) is 7.67. The topological polar surface area (TPSA) is 20.3 Å². The Kier molecular flexibility index (Phi) is 5.36. The van der Waals surface area contributed by atoms with Gasteiger partial charge >= 0.3 is 0 Å². The molecule has 2 aromatic carbocycles. The van der Waals surface area contributed by atoms with Crippen molar-refractivity contribution in [1.82, 2.24) is 4.90 Å². The Morgan fingerprint density at radius 1 is 1.21 bits per heavy atom. The van der Waals surface area contributed by atoms with E-state index in [9.17, 15) is 9.18 Å². The lowest BCUT2D eigenvalue weighted by atomic mass is 10.2. The number of carbonyl (C=O) groups is 1. The summed E-state index contributed by atoms with van der Waals surface area (Å²) in [6.07, 6.45) is 7.44. The third kappa shape index (κ3) is 4.26. The molecule has 124 valence electrons. The molecule has 1 amide bonds. The summed E-state index contributed by atoms with van der Waals surface area (Å²) in [6, 6.07) is 14.9. The van der Waals surface area contributed by atoms with Crippen LogP contribution in [-0.4, -0.2) is 23.1 Å². The van der Waals surface area contributed by atoms with Gasteiger partial charge in [-0.1, -0.05) is 30.3 Å². The molecular formula is C20H20FNOS. The molecule has 1 fully saturated rings. The highest BCUT2D eigenvalue weighted by Crippen LogP contribution is 2.29. The van der Waals surface area contributed by atoms with Crippen molar-refractivity contribution >= 4 is 23.7 Å². The maximum atomic E-state index is 13.9. The van der Waals surface area contributed by atoms with Crippen LogP contribution in [0.25, 0.3) is 6.08 Å². The van der Waals surface area contributed by atoms with Gasteiger partial charge in [0, 0.05) is 29.1 Å². The lowest BCUT2D eigenvalue weighted by molar-refractivity contribution is -0.127. The smallest absolute Gasteiger partial charge is 0.247 e. The number of thioether (sulfide) groups is 1. The van der Waals surface area contributed by atoms with Crippen LogP contribution in [0.2, 0.25) is 0 Å². The van der Waals surface area contributed by atoms with Gasteiger partial charge in [0.05, 0.1) is 0 Å². The first kappa shape index (κ1) is 16.8. The van der Waals surface area contributed by atoms with Crippen LogP contribution in [-0.2, 0) is 11.3 Å². The molecule has 2 nitrogen and oxygen atoms in total. The van der Waals surface area contributed by atoms with Crippen molar-refractivity contribution in [2.75, 3.05) is 6.26 Å². The lowest BCUT2D eigenvalue weighted by Gasteiger charge is -2.21. The zero-order chi connectivity index (χ0) is 16.9. The van der Waals surface area contributed by atoms with Gasteiger partial charge in [-0.15, -0.1) is 11.8 Å². The van der Waals surface area contributed by atoms with Crippen molar-refractivity contribution in [3.63, 3.8) is 0 Å². The predicted molar refractivity (Wildman–Crippen MR) is 97.2 cm³/mol. The van der Waals surface area contributed by atoms with Crippen molar-refractivity contribution in [2.45, 2.75) is 30.3 Å². The molecule has 0 saturated heterocycles. The van der Waals surface area contributed by atoms with Crippen LogP contribution in [0.15, 0.2) is 59.5 Å². The van der Waals surface area contributed by atoms with Gasteiger partial charge in [0.25, 0.3) is 0 Å². The lowest BCUT2D eigenvalue weighted by Crippen LogP contribution is -2.31. The van der Waals surface area contributed by atoms with Crippen LogP contribution < -0.4 is 0 Å². The average molecular weight is 341 g/mol. The van der Waals surface area contributed by atoms with E-state index in [2.05, 4.69) is 0 Å². The summed E-state index contributed by atoms with van der Waals surface area (Å²) in [5, 5.41) is 0. The molecule has 0 aliphatic heterocycles. The van der Waals surface area contributed by atoms with Gasteiger partial charge in [-0.05, 0) is 48.9 Å². The fourth-order valence-electron chi connectivity index (χ4n) is 2.56. The number of carbonyl (C=O) groups excluding carboxylic acids is 1. The zero-order valence-electron chi connectivity index (χ0n) is 13.6. The highest BCUT2D eigenvalue weighted by molar-refractivity contribution is 7.98. The summed E-state index contributed by atoms with van der Waals surface area (Å²) in [7, 11) is 0. The van der Waals surface area contributed by atoms with E-state index >= 15 is 0 Å². The second-order valence-electron chi connectivity index (χ2n) is 5.90. The third-order valence-electron chi connectivity index (χ3n) is 4.10. The molecule has 4 heteroatoms. The standard InChI is InChI=1S/C20H20FNOS/c1-24-18-11-6-15(7-12-18)8-13-20(23)22(17-9-10-17)14-16-4-2-3-5-19(16)21/h2-8,11-13,17H,9-10,14H2,1H3/b13-8+. The summed E-state index contributed by atoms with van der Waals surface area (Å²) >= 11 is 1.69. The minimum atomic E-state index is -0.257. The van der Waals surface area contributed by atoms with Crippen LogP contribution in [0.3, 0.4) is 0 Å². The van der Waals surface area contributed by atoms with Crippen LogP contribution in [0, 0.1) is 5.82 Å². The molecule has 0 atom stereocenters. The van der Waals surface area contributed by atoms with Crippen molar-refractivity contribution < 1.29 is 9.18 Å². The Hall–Kier alpha value is -2.07. The van der Waals surface area contributed by atoms with E-state index in [0.717, 1.165) is 18.4 Å². The van der Waals surface area contributed by atoms with E-state index in [1.54, 1.807) is 40.9 Å². The molecule has 1 saturated carbocycles. The molecule has 1 aliphatic rings. The summed E-state index contributed by atoms with van der Waals surface area (Å²) in [6.45, 7) is 0.325. The first-order chi connectivity index (χ1) is 11.7. The zero-order valence-corrected chi connectivity index (χ0v) is 14.4. The van der Waals surface area contributed by atoms with E-state index < -0.39 is 0 Å². The maximum Gasteiger partial charge on any atom is 0.247 e. The van der Waals surface area contributed by atoms with Crippen molar-refractivity contribution in [1.29, 1.82) is 0 Å². The fourth-order valence-corrected chi connectivity index (χ4v) is 2.97. The van der Waals surface area contributed by atoms with Gasteiger partial charge in [-0.2, -0.15) is 0 Å². The first-order valence-corrected chi connectivity index (χ1v) is 9.26. The number of hydrogen-bond acceptors (Lipinski definition) is 2. The number of nitrogens with zero attached hydrogens (tertiary/aromatic N) is 1. The van der Waals surface area contributed by atoms with Crippen LogP contribution in [0.5, 0.6) is 0 Å². The second-order valence-corrected chi connectivity index (χ2v) is 6.77. The Morgan fingerprint density at radius 3 is 2.54 bits per heavy atom. The number of halogens is 1. The van der Waals surface area contributed by atoms with E-state index in [0.29, 0.717) is 12.1 Å². The Morgan fingerprint density at radius 2 is 1.92 bits per heavy atom. The summed E-state index contributed by atoms with van der Waals surface area (Å²) in [4.78, 5) is 15.5. The van der Waals surface area contributed by atoms with Crippen LogP contribution in [0.4, 0.5) is 4.39 Å². The van der Waals surface area contributed by atoms with E-state index in [-0.39, 0.29) is 17.8 Å². The minimum Gasteiger partial charge on any atom is -0.332 e. The molecule has 24 heavy (non-hydrogen) atoms. The monoisotopic (exact) mass is 341 g/mol. The average Bonchev–Trinajstić information content (AvgIpc) is 3.44. The molecule has 1 aliphatic carbocycles. The number of benzene rings is 2. The van der Waals surface area contributed by atoms with Gasteiger partial charge in [-0.3, -0.25) is 4.79 Å². The summed E-state index contributed by atoms with van der Waals surface area (Å²) < 4.78 is 13.9. The van der Waals surface area contributed by atoms with Crippen molar-refractivity contribution in [3.8, 4) is 0 Å². The van der Waals surface area contributed by atoms with E-state index in [4.69, 9.17) is 0 Å². The molecule has 2 aromatic rings. The molecule has 0 unspecified atom stereocenters. The largest absolute Gasteiger partial charge is 0.332 e. The summed E-state index contributed by atoms with van der Waals surface area (Å²) in [5.41, 5.74) is 1.55. The summed E-state index contributed by atoms with van der Waals surface area (Å²) in [5.74, 6) is -0.317. The van der Waals surface area contributed by atoms with Crippen molar-refractivity contribution in [3.05, 3.63) is 71.6 Å². The van der Waals surface area contributed by atoms with E-state index in [1.807, 2.05) is 36.6 Å². The molecule has 3 rings (SSSR count). The molecule has 0 N–H and O–H groups in total. The maximum absolute atomic E-state index is 13.9. The van der Waals surface area contributed by atoms with Crippen LogP contribution >= 0.6 is 11.8 Å². The van der Waals surface area contributed by atoms with Crippen LogP contribution in [0.1, 0.15) is 24.0 Å². The van der Waals surface area contributed by atoms with E-state index in [1.165, 1.54) is 11.0 Å². The normalized spacial score (nSPS) is 14.1. The predicted octanol–water partition coefficient (Wildman–Crippen LogP) is 4.75. The molecular weight excluding hydrogens is 321 g/mol. The number of hydrogen-bond donors (Lipinski definition) is 0. The molecule has 0 aromatic heterocycles. The quantitative estimate of drug-likeness (QED) is 0.558. The van der Waals surface area contributed by atoms with Crippen molar-refractivity contribution in [2.24, 2.45) is 0 Å². The highest BCUT2D eigenvalue weighted by atomic mass is 32.2. The fraction of sp³-hybridized carbons (Fsp3) is 0.250. The first-order valence-electron chi connectivity index (χ1n) is 8.03. The number of rotatable bonds is 6. The molecule has 0 spiro atoms. The molecule has 0 heterocycles. The Labute approximate surface area is 146 Å². The van der Waals surface area contributed by atoms with Gasteiger partial charge < -0.3 is 4.90 Å².